The molecule has 1 aliphatic heterocycles. The highest BCUT2D eigenvalue weighted by Gasteiger charge is 2.83. The van der Waals surface area contributed by atoms with Gasteiger partial charge >= 0.3 is 0 Å². The first-order chi connectivity index (χ1) is 9.61. The van der Waals surface area contributed by atoms with Crippen LogP contribution in [0.15, 0.2) is 0 Å². The van der Waals surface area contributed by atoms with Crippen LogP contribution in [0, 0.1) is 59.2 Å². The van der Waals surface area contributed by atoms with E-state index in [4.69, 9.17) is 0 Å². The van der Waals surface area contributed by atoms with Crippen molar-refractivity contribution in [2.45, 2.75) is 32.7 Å². The van der Waals surface area contributed by atoms with Crippen molar-refractivity contribution in [2.24, 2.45) is 59.2 Å². The molecular formula is C17H21NO2. The summed E-state index contributed by atoms with van der Waals surface area (Å²) < 4.78 is 0. The minimum atomic E-state index is 0.0417. The molecule has 2 amide bonds. The smallest absolute Gasteiger partial charge is 0.232 e. The van der Waals surface area contributed by atoms with Crippen LogP contribution in [0.4, 0.5) is 0 Å². The third kappa shape index (κ3) is 0.835. The van der Waals surface area contributed by atoms with Crippen LogP contribution in [0.1, 0.15) is 26.7 Å². The molecule has 8 atom stereocenters. The second-order valence-electron chi connectivity index (χ2n) is 8.62. The van der Waals surface area contributed by atoms with Gasteiger partial charge in [0, 0.05) is 17.9 Å². The third-order valence-electron chi connectivity index (χ3n) is 8.11. The van der Waals surface area contributed by atoms with Gasteiger partial charge < -0.3 is 0 Å². The van der Waals surface area contributed by atoms with E-state index in [-0.39, 0.29) is 29.7 Å². The molecule has 0 aromatic rings. The summed E-state index contributed by atoms with van der Waals surface area (Å²) in [5.74, 6) is 7.44. The van der Waals surface area contributed by atoms with E-state index in [1.54, 1.807) is 4.90 Å². The molecule has 0 aromatic carbocycles. The number of piperidine rings is 1. The Hall–Kier alpha value is -0.860. The Kier molecular flexibility index (Phi) is 1.55. The fraction of sp³-hybridized carbons (Fsp3) is 0.882. The SMILES string of the molecule is CC(C)N1C(=O)C2CC(C1=O)C1C2C2C3CC4C2C4C31. The van der Waals surface area contributed by atoms with Gasteiger partial charge in [-0.15, -0.1) is 0 Å². The lowest BCUT2D eigenvalue weighted by atomic mass is 9.76. The van der Waals surface area contributed by atoms with Crippen molar-refractivity contribution in [3.05, 3.63) is 0 Å². The monoisotopic (exact) mass is 271 g/mol. The zero-order valence-electron chi connectivity index (χ0n) is 12.0. The first-order valence-corrected chi connectivity index (χ1v) is 8.48. The molecule has 8 unspecified atom stereocenters. The third-order valence-corrected chi connectivity index (χ3v) is 8.11. The van der Waals surface area contributed by atoms with Crippen molar-refractivity contribution < 1.29 is 9.59 Å². The van der Waals surface area contributed by atoms with E-state index in [1.165, 1.54) is 6.42 Å². The number of carbonyl (C=O) groups excluding carboxylic acids is 2. The Bertz CT molecular complexity index is 527. The van der Waals surface area contributed by atoms with Crippen LogP contribution in [0.2, 0.25) is 0 Å². The number of fused-ring (bicyclic) bond motifs is 5. The van der Waals surface area contributed by atoms with Gasteiger partial charge in [0.1, 0.15) is 0 Å². The van der Waals surface area contributed by atoms with Gasteiger partial charge in [-0.25, -0.2) is 0 Å². The summed E-state index contributed by atoms with van der Waals surface area (Å²) in [6.45, 7) is 3.97. The van der Waals surface area contributed by atoms with Crippen LogP contribution in [0.5, 0.6) is 0 Å². The number of imide groups is 1. The van der Waals surface area contributed by atoms with Gasteiger partial charge in [0.15, 0.2) is 0 Å². The number of amides is 2. The van der Waals surface area contributed by atoms with Crippen LogP contribution in [0.25, 0.3) is 0 Å². The maximum Gasteiger partial charge on any atom is 0.232 e. The summed E-state index contributed by atoms with van der Waals surface area (Å²) in [4.78, 5) is 27.2. The van der Waals surface area contributed by atoms with Gasteiger partial charge in [-0.2, -0.15) is 0 Å². The number of hydrogen-bond acceptors (Lipinski definition) is 2. The predicted molar refractivity (Wildman–Crippen MR) is 71.1 cm³/mol. The topological polar surface area (TPSA) is 37.4 Å². The molecule has 6 aliphatic carbocycles. The van der Waals surface area contributed by atoms with E-state index in [0.29, 0.717) is 11.8 Å². The van der Waals surface area contributed by atoms with Gasteiger partial charge in [-0.3, -0.25) is 14.5 Å². The summed E-state index contributed by atoms with van der Waals surface area (Å²) in [7, 11) is 0. The predicted octanol–water partition coefficient (Wildman–Crippen LogP) is 1.77. The van der Waals surface area contributed by atoms with Crippen molar-refractivity contribution in [2.75, 3.05) is 0 Å². The molecule has 7 rings (SSSR count). The van der Waals surface area contributed by atoms with E-state index >= 15 is 0 Å². The molecular weight excluding hydrogens is 250 g/mol. The number of rotatable bonds is 1. The van der Waals surface area contributed by atoms with E-state index in [1.807, 2.05) is 13.8 Å². The second kappa shape index (κ2) is 2.86. The first-order valence-electron chi connectivity index (χ1n) is 8.48. The van der Waals surface area contributed by atoms with Crippen LogP contribution >= 0.6 is 0 Å². The van der Waals surface area contributed by atoms with Crippen LogP contribution in [-0.4, -0.2) is 22.8 Å². The lowest BCUT2D eigenvalue weighted by Crippen LogP contribution is -2.51. The highest BCUT2D eigenvalue weighted by Crippen LogP contribution is 2.86. The molecule has 1 heterocycles. The van der Waals surface area contributed by atoms with Crippen molar-refractivity contribution >= 4 is 11.8 Å². The first kappa shape index (κ1) is 10.8. The van der Waals surface area contributed by atoms with Crippen LogP contribution < -0.4 is 0 Å². The van der Waals surface area contributed by atoms with E-state index in [2.05, 4.69) is 0 Å². The quantitative estimate of drug-likeness (QED) is 0.682. The zero-order chi connectivity index (χ0) is 13.5. The Morgan fingerprint density at radius 1 is 0.800 bits per heavy atom. The van der Waals surface area contributed by atoms with Gasteiger partial charge in [-0.05, 0) is 74.0 Å². The Morgan fingerprint density at radius 2 is 1.25 bits per heavy atom. The fourth-order valence-corrected chi connectivity index (χ4v) is 8.05. The average Bonchev–Trinajstić information content (AvgIpc) is 2.86. The lowest BCUT2D eigenvalue weighted by molar-refractivity contribution is -0.156. The Labute approximate surface area is 119 Å². The zero-order valence-corrected chi connectivity index (χ0v) is 12.0. The number of nitrogens with zero attached hydrogens (tertiary/aromatic N) is 1. The molecule has 3 heteroatoms. The summed E-state index contributed by atoms with van der Waals surface area (Å²) in [6.07, 6.45) is 2.33. The largest absolute Gasteiger partial charge is 0.280 e. The molecule has 3 nitrogen and oxygen atoms in total. The van der Waals surface area contributed by atoms with Gasteiger partial charge in [0.2, 0.25) is 11.8 Å². The van der Waals surface area contributed by atoms with Gasteiger partial charge in [0.25, 0.3) is 0 Å². The van der Waals surface area contributed by atoms with Gasteiger partial charge in [-0.1, -0.05) is 0 Å². The van der Waals surface area contributed by atoms with E-state index in [0.717, 1.165) is 41.9 Å². The molecule has 6 saturated carbocycles. The van der Waals surface area contributed by atoms with Crippen molar-refractivity contribution in [3.63, 3.8) is 0 Å². The van der Waals surface area contributed by atoms with E-state index < -0.39 is 0 Å². The molecule has 8 bridgehead atoms. The highest BCUT2D eigenvalue weighted by molar-refractivity contribution is 6.01. The van der Waals surface area contributed by atoms with Crippen molar-refractivity contribution in [1.29, 1.82) is 0 Å². The number of likely N-dealkylation sites (tertiary alicyclic amines) is 1. The summed E-state index contributed by atoms with van der Waals surface area (Å²) in [5.41, 5.74) is 0. The number of carbonyl (C=O) groups is 2. The maximum absolute atomic E-state index is 12.8. The molecule has 7 aliphatic rings. The molecule has 0 N–H and O–H groups in total. The van der Waals surface area contributed by atoms with Crippen molar-refractivity contribution in [1.82, 2.24) is 4.90 Å². The molecule has 106 valence electrons. The number of hydrogen-bond donors (Lipinski definition) is 0. The van der Waals surface area contributed by atoms with Crippen molar-refractivity contribution in [3.8, 4) is 0 Å². The molecule has 7 fully saturated rings. The summed E-state index contributed by atoms with van der Waals surface area (Å²) >= 11 is 0. The summed E-state index contributed by atoms with van der Waals surface area (Å²) in [5, 5.41) is 0. The van der Waals surface area contributed by atoms with Crippen LogP contribution in [-0.2, 0) is 9.59 Å². The Balaban J connectivity index is 1.48. The average molecular weight is 271 g/mol. The highest BCUT2D eigenvalue weighted by atomic mass is 16.2. The minimum Gasteiger partial charge on any atom is -0.280 e. The molecule has 0 spiro atoms. The maximum atomic E-state index is 12.8. The van der Waals surface area contributed by atoms with Gasteiger partial charge in [0.05, 0.1) is 0 Å². The Morgan fingerprint density at radius 3 is 1.65 bits per heavy atom. The van der Waals surface area contributed by atoms with E-state index in [9.17, 15) is 9.59 Å². The normalized spacial score (nSPS) is 63.6. The lowest BCUT2D eigenvalue weighted by Gasteiger charge is -2.35. The summed E-state index contributed by atoms with van der Waals surface area (Å²) in [6, 6.07) is 0.0417. The fourth-order valence-electron chi connectivity index (χ4n) is 8.05. The molecule has 1 saturated heterocycles. The minimum absolute atomic E-state index is 0.0417. The standard InChI is InChI=1S/C17H21NO2/c1-5(2)18-16(19)8-4-9(17(18)20)15-13-7-3-6-10(11(6)13)12(7)14(8)15/h5-15H,3-4H2,1-2H3. The molecule has 20 heavy (non-hydrogen) atoms. The van der Waals surface area contributed by atoms with Crippen LogP contribution in [0.3, 0.4) is 0 Å². The second-order valence-corrected chi connectivity index (χ2v) is 8.62. The molecule has 0 aromatic heterocycles. The molecule has 0 radical (unpaired) electrons.